The average Bonchev–Trinajstić information content (AvgIpc) is 2.99. The molecule has 0 spiro atoms. The second-order valence-electron chi connectivity index (χ2n) is 5.68. The van der Waals surface area contributed by atoms with E-state index >= 15 is 0 Å². The number of likely N-dealkylation sites (tertiary alicyclic amines) is 1. The summed E-state index contributed by atoms with van der Waals surface area (Å²) < 4.78 is 0. The highest BCUT2D eigenvalue weighted by atomic mass is 32.1. The lowest BCUT2D eigenvalue weighted by atomic mass is 9.99. The van der Waals surface area contributed by atoms with Gasteiger partial charge in [-0.15, -0.1) is 0 Å². The van der Waals surface area contributed by atoms with Crippen LogP contribution in [0.2, 0.25) is 0 Å². The number of nitrogens with two attached hydrogens (primary N) is 1. The molecule has 1 heterocycles. The fourth-order valence-corrected chi connectivity index (χ4v) is 2.70. The highest BCUT2D eigenvalue weighted by molar-refractivity contribution is 7.80. The summed E-state index contributed by atoms with van der Waals surface area (Å²) in [4.78, 5) is 37.0. The lowest BCUT2D eigenvalue weighted by Crippen LogP contribution is -2.56. The van der Waals surface area contributed by atoms with Crippen LogP contribution < -0.4 is 11.1 Å². The Morgan fingerprint density at radius 3 is 2.59 bits per heavy atom. The highest BCUT2D eigenvalue weighted by Crippen LogP contribution is 2.19. The van der Waals surface area contributed by atoms with E-state index < -0.39 is 35.9 Å². The molecular formula is C14H25N3O4S. The van der Waals surface area contributed by atoms with Crippen LogP contribution in [0.1, 0.15) is 33.1 Å². The predicted molar refractivity (Wildman–Crippen MR) is 85.6 cm³/mol. The summed E-state index contributed by atoms with van der Waals surface area (Å²) in [6.45, 7) is 4.18. The van der Waals surface area contributed by atoms with Crippen LogP contribution >= 0.6 is 12.6 Å². The Morgan fingerprint density at radius 2 is 2.09 bits per heavy atom. The van der Waals surface area contributed by atoms with Crippen LogP contribution in [0, 0.1) is 5.92 Å². The minimum Gasteiger partial charge on any atom is -0.480 e. The molecule has 1 fully saturated rings. The molecule has 0 aromatic heterocycles. The van der Waals surface area contributed by atoms with Crippen molar-refractivity contribution in [3.63, 3.8) is 0 Å². The van der Waals surface area contributed by atoms with Gasteiger partial charge in [0.05, 0.1) is 6.04 Å². The lowest BCUT2D eigenvalue weighted by molar-refractivity contribution is -0.149. The first kappa shape index (κ1) is 18.8. The van der Waals surface area contributed by atoms with Gasteiger partial charge in [-0.1, -0.05) is 20.3 Å². The number of nitrogens with one attached hydrogen (secondary N) is 1. The molecule has 126 valence electrons. The summed E-state index contributed by atoms with van der Waals surface area (Å²) in [7, 11) is 0. The SMILES string of the molecule is CCC(C)C(N)C(=O)NC(CS)C(=O)N1CCCC1C(=O)O. The van der Waals surface area contributed by atoms with Crippen molar-refractivity contribution in [3.05, 3.63) is 0 Å². The maximum Gasteiger partial charge on any atom is 0.326 e. The van der Waals surface area contributed by atoms with Crippen molar-refractivity contribution in [1.82, 2.24) is 10.2 Å². The van der Waals surface area contributed by atoms with Gasteiger partial charge in [0, 0.05) is 12.3 Å². The Balaban J connectivity index is 2.73. The van der Waals surface area contributed by atoms with E-state index in [1.807, 2.05) is 13.8 Å². The highest BCUT2D eigenvalue weighted by Gasteiger charge is 2.37. The van der Waals surface area contributed by atoms with Gasteiger partial charge >= 0.3 is 5.97 Å². The maximum atomic E-state index is 12.4. The van der Waals surface area contributed by atoms with Gasteiger partial charge in [-0.3, -0.25) is 9.59 Å². The zero-order valence-corrected chi connectivity index (χ0v) is 13.9. The number of hydrogen-bond acceptors (Lipinski definition) is 5. The van der Waals surface area contributed by atoms with Crippen molar-refractivity contribution in [2.75, 3.05) is 12.3 Å². The first-order chi connectivity index (χ1) is 10.3. The Bertz CT molecular complexity index is 432. The van der Waals surface area contributed by atoms with E-state index in [1.165, 1.54) is 4.90 Å². The van der Waals surface area contributed by atoms with Gasteiger partial charge in [0.25, 0.3) is 0 Å². The summed E-state index contributed by atoms with van der Waals surface area (Å²) in [6, 6.07) is -2.38. The largest absolute Gasteiger partial charge is 0.480 e. The Kier molecular flexibility index (Phi) is 7.15. The van der Waals surface area contributed by atoms with E-state index in [2.05, 4.69) is 17.9 Å². The fraction of sp³-hybridized carbons (Fsp3) is 0.786. The predicted octanol–water partition coefficient (Wildman–Crippen LogP) is -0.150. The van der Waals surface area contributed by atoms with E-state index in [1.54, 1.807) is 0 Å². The maximum absolute atomic E-state index is 12.4. The average molecular weight is 331 g/mol. The Hall–Kier alpha value is -1.28. The van der Waals surface area contributed by atoms with E-state index in [-0.39, 0.29) is 11.7 Å². The molecule has 0 radical (unpaired) electrons. The minimum atomic E-state index is -1.02. The number of carboxylic acid groups (broad SMARTS) is 1. The first-order valence-electron chi connectivity index (χ1n) is 7.53. The fourth-order valence-electron chi connectivity index (χ4n) is 2.45. The third-order valence-corrected chi connectivity index (χ3v) is 4.54. The number of carboxylic acids is 1. The number of rotatable bonds is 7. The van der Waals surface area contributed by atoms with Crippen LogP contribution in [0.4, 0.5) is 0 Å². The van der Waals surface area contributed by atoms with Crippen molar-refractivity contribution in [3.8, 4) is 0 Å². The van der Waals surface area contributed by atoms with Crippen molar-refractivity contribution in [1.29, 1.82) is 0 Å². The molecule has 0 bridgehead atoms. The molecule has 1 aliphatic heterocycles. The molecule has 1 rings (SSSR count). The van der Waals surface area contributed by atoms with E-state index in [0.29, 0.717) is 19.4 Å². The van der Waals surface area contributed by atoms with Crippen molar-refractivity contribution in [2.24, 2.45) is 11.7 Å². The molecule has 0 aromatic rings. The molecule has 2 amide bonds. The Labute approximate surface area is 136 Å². The molecular weight excluding hydrogens is 306 g/mol. The lowest BCUT2D eigenvalue weighted by Gasteiger charge is -2.28. The van der Waals surface area contributed by atoms with Gasteiger partial charge in [0.1, 0.15) is 12.1 Å². The van der Waals surface area contributed by atoms with Crippen LogP contribution in [0.3, 0.4) is 0 Å². The number of thiol groups is 1. The van der Waals surface area contributed by atoms with Gasteiger partial charge in [-0.2, -0.15) is 12.6 Å². The smallest absolute Gasteiger partial charge is 0.326 e. The third kappa shape index (κ3) is 4.36. The second kappa shape index (κ2) is 8.38. The number of carbonyl (C=O) groups excluding carboxylic acids is 2. The molecule has 0 aliphatic carbocycles. The number of nitrogens with zero attached hydrogens (tertiary/aromatic N) is 1. The van der Waals surface area contributed by atoms with E-state index in [0.717, 1.165) is 6.42 Å². The molecule has 4 N–H and O–H groups in total. The summed E-state index contributed by atoms with van der Waals surface area (Å²) >= 11 is 4.10. The van der Waals surface area contributed by atoms with Crippen molar-refractivity contribution >= 4 is 30.4 Å². The molecule has 8 heteroatoms. The van der Waals surface area contributed by atoms with E-state index in [4.69, 9.17) is 10.8 Å². The quantitative estimate of drug-likeness (QED) is 0.485. The van der Waals surface area contributed by atoms with Crippen LogP contribution in [0.15, 0.2) is 0 Å². The van der Waals surface area contributed by atoms with Gasteiger partial charge in [-0.05, 0) is 18.8 Å². The number of aliphatic carboxylic acids is 1. The van der Waals surface area contributed by atoms with Crippen LogP contribution in [0.25, 0.3) is 0 Å². The normalized spacial score (nSPS) is 22.0. The molecule has 1 aliphatic rings. The first-order valence-corrected chi connectivity index (χ1v) is 8.16. The van der Waals surface area contributed by atoms with Crippen LogP contribution in [-0.2, 0) is 14.4 Å². The Morgan fingerprint density at radius 1 is 1.45 bits per heavy atom. The topological polar surface area (TPSA) is 113 Å². The number of carbonyl (C=O) groups is 3. The van der Waals surface area contributed by atoms with Gasteiger partial charge in [-0.25, -0.2) is 4.79 Å². The molecule has 22 heavy (non-hydrogen) atoms. The summed E-state index contributed by atoms with van der Waals surface area (Å²) in [5, 5.41) is 11.7. The molecule has 7 nitrogen and oxygen atoms in total. The van der Waals surface area contributed by atoms with Gasteiger partial charge in [0.2, 0.25) is 11.8 Å². The zero-order valence-electron chi connectivity index (χ0n) is 13.0. The second-order valence-corrected chi connectivity index (χ2v) is 6.05. The molecule has 0 saturated carbocycles. The monoisotopic (exact) mass is 331 g/mol. The number of hydrogen-bond donors (Lipinski definition) is 4. The van der Waals surface area contributed by atoms with Crippen LogP contribution in [-0.4, -0.2) is 58.2 Å². The van der Waals surface area contributed by atoms with Crippen LogP contribution in [0.5, 0.6) is 0 Å². The summed E-state index contributed by atoms with van der Waals surface area (Å²) in [5.41, 5.74) is 5.85. The standard InChI is InChI=1S/C14H25N3O4S/c1-3-8(2)11(15)12(18)16-9(7-22)13(19)17-6-4-5-10(17)14(20)21/h8-11,22H,3-7,15H2,1-2H3,(H,16,18)(H,20,21). The zero-order chi connectivity index (χ0) is 16.9. The third-order valence-electron chi connectivity index (χ3n) is 4.18. The molecule has 1 saturated heterocycles. The minimum absolute atomic E-state index is 0.00535. The molecule has 4 atom stereocenters. The van der Waals surface area contributed by atoms with Gasteiger partial charge in [0.15, 0.2) is 0 Å². The van der Waals surface area contributed by atoms with Crippen molar-refractivity contribution in [2.45, 2.75) is 51.2 Å². The molecule has 4 unspecified atom stereocenters. The number of amides is 2. The van der Waals surface area contributed by atoms with Gasteiger partial charge < -0.3 is 21.1 Å². The van der Waals surface area contributed by atoms with Crippen molar-refractivity contribution < 1.29 is 19.5 Å². The molecule has 0 aromatic carbocycles. The summed E-state index contributed by atoms with van der Waals surface area (Å²) in [5.74, 6) is -1.75. The van der Waals surface area contributed by atoms with E-state index in [9.17, 15) is 14.4 Å². The summed E-state index contributed by atoms with van der Waals surface area (Å²) in [6.07, 6.45) is 1.82.